The molecule has 3 aliphatic rings. The van der Waals surface area contributed by atoms with Crippen molar-refractivity contribution in [1.29, 1.82) is 0 Å². The van der Waals surface area contributed by atoms with Gasteiger partial charge in [0, 0.05) is 35.6 Å². The highest BCUT2D eigenvalue weighted by atomic mass is 16.2. The van der Waals surface area contributed by atoms with Crippen LogP contribution in [0.25, 0.3) is 17.0 Å². The summed E-state index contributed by atoms with van der Waals surface area (Å²) >= 11 is 0. The molecule has 0 bridgehead atoms. The molecule has 1 spiro atoms. The number of carbonyl (C=O) groups is 3. The smallest absolute Gasteiger partial charge is 0.254 e. The van der Waals surface area contributed by atoms with Gasteiger partial charge in [-0.05, 0) is 48.3 Å². The highest BCUT2D eigenvalue weighted by molar-refractivity contribution is 6.08. The molecule has 2 aromatic carbocycles. The van der Waals surface area contributed by atoms with Crippen molar-refractivity contribution in [1.82, 2.24) is 20.5 Å². The van der Waals surface area contributed by atoms with E-state index >= 15 is 0 Å². The molecule has 3 amide bonds. The van der Waals surface area contributed by atoms with E-state index in [0.717, 1.165) is 55.8 Å². The topological polar surface area (TPSA) is 94.3 Å². The number of para-hydroxylation sites is 1. The van der Waals surface area contributed by atoms with Gasteiger partial charge in [-0.1, -0.05) is 107 Å². The Kier molecular flexibility index (Phi) is 8.92. The zero-order valence-corrected chi connectivity index (χ0v) is 26.1. The fraction of sp³-hybridized carbons (Fsp3) is 0.486. The van der Waals surface area contributed by atoms with Crippen LogP contribution in [-0.4, -0.2) is 52.8 Å². The summed E-state index contributed by atoms with van der Waals surface area (Å²) in [5.41, 5.74) is 4.03. The number of likely N-dealkylation sites (tertiary alicyclic amines) is 1. The Hall–Kier alpha value is -3.87. The number of benzene rings is 2. The van der Waals surface area contributed by atoms with E-state index in [1.807, 2.05) is 36.1 Å². The van der Waals surface area contributed by atoms with Crippen molar-refractivity contribution in [3.8, 4) is 0 Å². The predicted octanol–water partition coefficient (Wildman–Crippen LogP) is 6.35. The third kappa shape index (κ3) is 6.06. The molecule has 0 radical (unpaired) electrons. The summed E-state index contributed by atoms with van der Waals surface area (Å²) in [6.07, 6.45) is 15.0. The molecule has 7 nitrogen and oxygen atoms in total. The number of piperidine rings is 1. The van der Waals surface area contributed by atoms with Crippen LogP contribution in [-0.2, 0) is 15.0 Å². The molecule has 0 unspecified atom stereocenters. The molecule has 1 saturated heterocycles. The maximum absolute atomic E-state index is 14.1. The first kappa shape index (κ1) is 30.2. The number of hydrogen-bond donors (Lipinski definition) is 3. The number of aromatic amines is 1. The van der Waals surface area contributed by atoms with Crippen LogP contribution in [0.4, 0.5) is 0 Å². The molecule has 7 heteroatoms. The molecular formula is C37H46N4O3. The van der Waals surface area contributed by atoms with Crippen LogP contribution in [0.2, 0.25) is 0 Å². The summed E-state index contributed by atoms with van der Waals surface area (Å²) in [6, 6.07) is 14.9. The fourth-order valence-corrected chi connectivity index (χ4v) is 7.61. The minimum absolute atomic E-state index is 0.0136. The van der Waals surface area contributed by atoms with E-state index in [-0.39, 0.29) is 29.1 Å². The van der Waals surface area contributed by atoms with Gasteiger partial charge in [-0.3, -0.25) is 14.4 Å². The molecule has 2 aliphatic carbocycles. The van der Waals surface area contributed by atoms with Gasteiger partial charge in [0.1, 0.15) is 12.1 Å². The van der Waals surface area contributed by atoms with Gasteiger partial charge in [-0.2, -0.15) is 0 Å². The minimum Gasteiger partial charge on any atom is -0.360 e. The molecule has 2 fully saturated rings. The van der Waals surface area contributed by atoms with E-state index < -0.39 is 12.1 Å². The lowest BCUT2D eigenvalue weighted by Gasteiger charge is -2.41. The van der Waals surface area contributed by atoms with Crippen LogP contribution in [0.1, 0.15) is 93.1 Å². The second-order valence-corrected chi connectivity index (χ2v) is 13.3. The van der Waals surface area contributed by atoms with Crippen molar-refractivity contribution >= 4 is 34.7 Å². The van der Waals surface area contributed by atoms with Gasteiger partial charge < -0.3 is 20.5 Å². The summed E-state index contributed by atoms with van der Waals surface area (Å²) in [6.45, 7) is 5.40. The van der Waals surface area contributed by atoms with E-state index in [9.17, 15) is 14.4 Å². The number of fused-ring (bicyclic) bond motifs is 3. The van der Waals surface area contributed by atoms with E-state index in [1.165, 1.54) is 17.5 Å². The molecule has 3 N–H and O–H groups in total. The Bertz CT molecular complexity index is 1530. The molecule has 6 rings (SSSR count). The Labute approximate surface area is 260 Å². The number of rotatable bonds is 9. The number of allylic oxidation sites excluding steroid dienone is 1. The Morgan fingerprint density at radius 3 is 2.48 bits per heavy atom. The SMILES string of the molecule is CC[C@H](C)[C@H](NC(=O)[C@H](CC1CCCCC1)NC(=O)c1c[nH]c2ccccc12)C(=O)N1CCC2(C=Cc3ccccc32)CC1. The summed E-state index contributed by atoms with van der Waals surface area (Å²) in [5.74, 6) is -0.202. The number of aromatic nitrogens is 1. The predicted molar refractivity (Wildman–Crippen MR) is 175 cm³/mol. The van der Waals surface area contributed by atoms with Gasteiger partial charge in [0.25, 0.3) is 5.91 Å². The normalized spacial score (nSPS) is 19.8. The van der Waals surface area contributed by atoms with Crippen LogP contribution in [0.3, 0.4) is 0 Å². The quantitative estimate of drug-likeness (QED) is 0.269. The molecule has 1 aliphatic heterocycles. The highest BCUT2D eigenvalue weighted by Crippen LogP contribution is 2.43. The first-order valence-electron chi connectivity index (χ1n) is 16.6. The van der Waals surface area contributed by atoms with E-state index in [0.29, 0.717) is 31.0 Å². The lowest BCUT2D eigenvalue weighted by molar-refractivity contribution is -0.139. The van der Waals surface area contributed by atoms with Gasteiger partial charge in [0.2, 0.25) is 11.8 Å². The average Bonchev–Trinajstić information content (AvgIpc) is 3.65. The summed E-state index contributed by atoms with van der Waals surface area (Å²) in [7, 11) is 0. The Morgan fingerprint density at radius 2 is 1.70 bits per heavy atom. The summed E-state index contributed by atoms with van der Waals surface area (Å²) in [4.78, 5) is 46.7. The number of amides is 3. The second-order valence-electron chi connectivity index (χ2n) is 13.3. The van der Waals surface area contributed by atoms with Gasteiger partial charge in [-0.25, -0.2) is 0 Å². The van der Waals surface area contributed by atoms with Crippen molar-refractivity contribution in [2.75, 3.05) is 13.1 Å². The van der Waals surface area contributed by atoms with Crippen molar-refractivity contribution in [3.05, 3.63) is 77.5 Å². The lowest BCUT2D eigenvalue weighted by atomic mass is 9.74. The zero-order valence-electron chi connectivity index (χ0n) is 26.1. The number of carbonyl (C=O) groups excluding carboxylic acids is 3. The van der Waals surface area contributed by atoms with Crippen LogP contribution in [0.15, 0.2) is 60.8 Å². The monoisotopic (exact) mass is 594 g/mol. The number of hydrogen-bond acceptors (Lipinski definition) is 3. The summed E-state index contributed by atoms with van der Waals surface area (Å²) < 4.78 is 0. The molecule has 232 valence electrons. The van der Waals surface area contributed by atoms with E-state index in [2.05, 4.69) is 59.0 Å². The molecule has 3 atom stereocenters. The van der Waals surface area contributed by atoms with Crippen molar-refractivity contribution in [3.63, 3.8) is 0 Å². The van der Waals surface area contributed by atoms with Crippen molar-refractivity contribution in [2.45, 2.75) is 89.1 Å². The highest BCUT2D eigenvalue weighted by Gasteiger charge is 2.41. The van der Waals surface area contributed by atoms with Crippen LogP contribution in [0.5, 0.6) is 0 Å². The number of nitrogens with zero attached hydrogens (tertiary/aromatic N) is 1. The molecule has 3 aromatic rings. The fourth-order valence-electron chi connectivity index (χ4n) is 7.61. The minimum atomic E-state index is -0.705. The van der Waals surface area contributed by atoms with Gasteiger partial charge in [0.05, 0.1) is 5.56 Å². The van der Waals surface area contributed by atoms with E-state index in [1.54, 1.807) is 6.20 Å². The van der Waals surface area contributed by atoms with Gasteiger partial charge in [-0.15, -0.1) is 0 Å². The maximum Gasteiger partial charge on any atom is 0.254 e. The Balaban J connectivity index is 1.17. The summed E-state index contributed by atoms with van der Waals surface area (Å²) in [5, 5.41) is 7.06. The van der Waals surface area contributed by atoms with Crippen LogP contribution >= 0.6 is 0 Å². The average molecular weight is 595 g/mol. The third-order valence-electron chi connectivity index (χ3n) is 10.6. The van der Waals surface area contributed by atoms with Crippen molar-refractivity contribution in [2.24, 2.45) is 11.8 Å². The molecule has 2 heterocycles. The number of nitrogens with one attached hydrogen (secondary N) is 3. The third-order valence-corrected chi connectivity index (χ3v) is 10.6. The van der Waals surface area contributed by atoms with Gasteiger partial charge >= 0.3 is 0 Å². The van der Waals surface area contributed by atoms with E-state index in [4.69, 9.17) is 0 Å². The molecule has 1 saturated carbocycles. The molecule has 1 aromatic heterocycles. The second kappa shape index (κ2) is 13.0. The largest absolute Gasteiger partial charge is 0.360 e. The standard InChI is InChI=1S/C37H46N4O3/c1-3-25(2)33(36(44)41-21-19-37(20-22-41)18-17-27-13-7-9-15-30(27)37)40-35(43)32(23-26-11-5-4-6-12-26)39-34(42)29-24-38-31-16-10-8-14-28(29)31/h7-10,13-18,24-26,32-33,38H,3-6,11-12,19-23H2,1-2H3,(H,39,42)(H,40,43)/t25-,32-,33-/m0/s1. The van der Waals surface area contributed by atoms with Crippen LogP contribution in [0, 0.1) is 11.8 Å². The Morgan fingerprint density at radius 1 is 0.977 bits per heavy atom. The number of H-pyrrole nitrogens is 1. The molecule has 44 heavy (non-hydrogen) atoms. The first-order chi connectivity index (χ1) is 21.4. The molecular weight excluding hydrogens is 548 g/mol. The first-order valence-corrected chi connectivity index (χ1v) is 16.6. The van der Waals surface area contributed by atoms with Crippen LogP contribution < -0.4 is 10.6 Å². The maximum atomic E-state index is 14.1. The lowest BCUT2D eigenvalue weighted by Crippen LogP contribution is -2.58. The van der Waals surface area contributed by atoms with Crippen molar-refractivity contribution < 1.29 is 14.4 Å². The van der Waals surface area contributed by atoms with Gasteiger partial charge in [0.15, 0.2) is 0 Å². The zero-order chi connectivity index (χ0) is 30.7.